The Morgan fingerprint density at radius 2 is 2.26 bits per heavy atom. The molecule has 1 unspecified atom stereocenters. The first-order chi connectivity index (χ1) is 9.24. The molecule has 0 bridgehead atoms. The maximum absolute atomic E-state index is 4.24. The van der Waals surface area contributed by atoms with E-state index in [-0.39, 0.29) is 6.04 Å². The molecule has 2 rings (SSSR count). The smallest absolute Gasteiger partial charge is 0.0803 e. The van der Waals surface area contributed by atoms with E-state index in [1.165, 1.54) is 22.0 Å². The zero-order chi connectivity index (χ0) is 13.7. The minimum atomic E-state index is 0.248. The van der Waals surface area contributed by atoms with Gasteiger partial charge in [-0.2, -0.15) is 0 Å². The predicted octanol–water partition coefficient (Wildman–Crippen LogP) is 3.15. The monoisotopic (exact) mass is 340 g/mol. The van der Waals surface area contributed by atoms with Crippen LogP contribution in [0, 0.1) is 0 Å². The Hall–Kier alpha value is -0.850. The number of halogens is 1. The molecule has 6 heteroatoms. The van der Waals surface area contributed by atoms with E-state index >= 15 is 0 Å². The van der Waals surface area contributed by atoms with Gasteiger partial charge in [0.25, 0.3) is 0 Å². The van der Waals surface area contributed by atoms with E-state index < -0.39 is 0 Å². The molecule has 0 saturated carbocycles. The van der Waals surface area contributed by atoms with Gasteiger partial charge in [0.2, 0.25) is 0 Å². The van der Waals surface area contributed by atoms with E-state index in [1.807, 2.05) is 13.2 Å². The zero-order valence-corrected chi connectivity index (χ0v) is 13.5. The molecular formula is C13H17BrN4S. The van der Waals surface area contributed by atoms with Crippen molar-refractivity contribution in [2.75, 3.05) is 7.05 Å². The largest absolute Gasteiger partial charge is 0.312 e. The lowest BCUT2D eigenvalue weighted by atomic mass is 10.0. The molecule has 0 spiro atoms. The minimum absolute atomic E-state index is 0.248. The molecule has 0 aliphatic carbocycles. The maximum Gasteiger partial charge on any atom is 0.0803 e. The lowest BCUT2D eigenvalue weighted by Gasteiger charge is -2.15. The number of aromatic nitrogens is 3. The van der Waals surface area contributed by atoms with Gasteiger partial charge in [-0.15, -0.1) is 5.10 Å². The first-order valence-corrected chi connectivity index (χ1v) is 7.89. The number of hydrogen-bond acceptors (Lipinski definition) is 5. The second kappa shape index (κ2) is 7.07. The van der Waals surface area contributed by atoms with Crippen molar-refractivity contribution in [2.45, 2.75) is 32.2 Å². The third-order valence-electron chi connectivity index (χ3n) is 2.94. The Labute approximate surface area is 126 Å². The highest BCUT2D eigenvalue weighted by Crippen LogP contribution is 2.25. The fraction of sp³-hybridized carbons (Fsp3) is 0.462. The Morgan fingerprint density at radius 3 is 2.95 bits per heavy atom. The van der Waals surface area contributed by atoms with Crippen LogP contribution in [0.5, 0.6) is 0 Å². The normalized spacial score (nSPS) is 12.6. The first kappa shape index (κ1) is 14.6. The van der Waals surface area contributed by atoms with E-state index in [0.717, 1.165) is 29.4 Å². The van der Waals surface area contributed by atoms with Crippen molar-refractivity contribution in [1.82, 2.24) is 19.9 Å². The van der Waals surface area contributed by atoms with E-state index in [2.05, 4.69) is 48.8 Å². The van der Waals surface area contributed by atoms with Crippen LogP contribution in [0.15, 0.2) is 22.9 Å². The maximum atomic E-state index is 4.24. The van der Waals surface area contributed by atoms with Crippen molar-refractivity contribution in [1.29, 1.82) is 0 Å². The summed E-state index contributed by atoms with van der Waals surface area (Å²) in [5.41, 5.74) is 2.32. The molecule has 1 atom stereocenters. The van der Waals surface area contributed by atoms with Crippen molar-refractivity contribution >= 4 is 27.5 Å². The molecule has 0 saturated heterocycles. The first-order valence-electron chi connectivity index (χ1n) is 6.32. The second-order valence-corrected chi connectivity index (χ2v) is 6.09. The summed E-state index contributed by atoms with van der Waals surface area (Å²) in [5, 5.41) is 7.60. The van der Waals surface area contributed by atoms with Crippen molar-refractivity contribution < 1.29 is 0 Å². The molecule has 4 nitrogen and oxygen atoms in total. The van der Waals surface area contributed by atoms with Crippen LogP contribution in [0.2, 0.25) is 0 Å². The number of hydrogen-bond donors (Lipinski definition) is 1. The molecule has 102 valence electrons. The van der Waals surface area contributed by atoms with Gasteiger partial charge in [-0.3, -0.25) is 4.98 Å². The topological polar surface area (TPSA) is 50.7 Å². The van der Waals surface area contributed by atoms with Crippen LogP contribution in [-0.2, 0) is 12.8 Å². The summed E-state index contributed by atoms with van der Waals surface area (Å²) in [6.07, 6.45) is 6.68. The molecule has 0 radical (unpaired) electrons. The average molecular weight is 341 g/mol. The van der Waals surface area contributed by atoms with E-state index in [0.29, 0.717) is 0 Å². The number of aryl methyl sites for hydroxylation is 1. The molecule has 2 aromatic heterocycles. The summed E-state index contributed by atoms with van der Waals surface area (Å²) < 4.78 is 5.11. The predicted molar refractivity (Wildman–Crippen MR) is 81.3 cm³/mol. The highest BCUT2D eigenvalue weighted by molar-refractivity contribution is 9.10. The van der Waals surface area contributed by atoms with Crippen molar-refractivity contribution in [2.24, 2.45) is 0 Å². The highest BCUT2D eigenvalue weighted by atomic mass is 79.9. The second-order valence-electron chi connectivity index (χ2n) is 4.39. The lowest BCUT2D eigenvalue weighted by Crippen LogP contribution is -2.19. The fourth-order valence-electron chi connectivity index (χ4n) is 2.02. The third-order valence-corrected chi connectivity index (χ3v) is 4.25. The Balaban J connectivity index is 2.18. The van der Waals surface area contributed by atoms with Crippen molar-refractivity contribution in [3.8, 4) is 0 Å². The van der Waals surface area contributed by atoms with Crippen LogP contribution < -0.4 is 5.32 Å². The number of nitrogens with zero attached hydrogens (tertiary/aromatic N) is 3. The summed E-state index contributed by atoms with van der Waals surface area (Å²) in [6.45, 7) is 2.16. The lowest BCUT2D eigenvalue weighted by molar-refractivity contribution is 0.592. The average Bonchev–Trinajstić information content (AvgIpc) is 2.85. The molecule has 19 heavy (non-hydrogen) atoms. The van der Waals surface area contributed by atoms with E-state index in [9.17, 15) is 0 Å². The summed E-state index contributed by atoms with van der Waals surface area (Å²) in [5.74, 6) is 0. The number of nitrogens with one attached hydrogen (secondary N) is 1. The molecular weight excluding hydrogens is 324 g/mol. The molecule has 0 aliphatic rings. The summed E-state index contributed by atoms with van der Waals surface area (Å²) in [7, 11) is 1.98. The van der Waals surface area contributed by atoms with Crippen LogP contribution in [0.25, 0.3) is 0 Å². The molecule has 2 heterocycles. The van der Waals surface area contributed by atoms with Gasteiger partial charge < -0.3 is 5.32 Å². The molecule has 0 aromatic carbocycles. The number of likely N-dealkylation sites (N-methyl/N-ethyl adjacent to an activating group) is 1. The van der Waals surface area contributed by atoms with Gasteiger partial charge in [0.05, 0.1) is 10.6 Å². The van der Waals surface area contributed by atoms with Crippen LogP contribution in [-0.4, -0.2) is 21.6 Å². The molecule has 0 amide bonds. The zero-order valence-electron chi connectivity index (χ0n) is 11.1. The minimum Gasteiger partial charge on any atom is -0.312 e. The molecule has 0 aliphatic heterocycles. The fourth-order valence-corrected chi connectivity index (χ4v) is 3.24. The summed E-state index contributed by atoms with van der Waals surface area (Å²) in [6, 6.07) is 2.35. The van der Waals surface area contributed by atoms with Gasteiger partial charge in [0.1, 0.15) is 0 Å². The number of pyridine rings is 1. The van der Waals surface area contributed by atoms with Gasteiger partial charge in [-0.25, -0.2) is 0 Å². The van der Waals surface area contributed by atoms with Gasteiger partial charge in [-0.1, -0.05) is 17.8 Å². The Bertz CT molecular complexity index is 529. The van der Waals surface area contributed by atoms with Gasteiger partial charge in [0.15, 0.2) is 0 Å². The van der Waals surface area contributed by atoms with Crippen LogP contribution in [0.3, 0.4) is 0 Å². The molecule has 2 aromatic rings. The van der Waals surface area contributed by atoms with Gasteiger partial charge >= 0.3 is 0 Å². The van der Waals surface area contributed by atoms with E-state index in [4.69, 9.17) is 0 Å². The van der Waals surface area contributed by atoms with Crippen molar-refractivity contribution in [3.63, 3.8) is 0 Å². The van der Waals surface area contributed by atoms with Crippen LogP contribution in [0.1, 0.15) is 35.5 Å². The van der Waals surface area contributed by atoms with Gasteiger partial charge in [0, 0.05) is 22.9 Å². The Kier molecular flexibility index (Phi) is 5.42. The van der Waals surface area contributed by atoms with E-state index in [1.54, 1.807) is 6.20 Å². The van der Waals surface area contributed by atoms with Crippen molar-refractivity contribution in [3.05, 3.63) is 39.1 Å². The highest BCUT2D eigenvalue weighted by Gasteiger charge is 2.18. The Morgan fingerprint density at radius 1 is 1.42 bits per heavy atom. The standard InChI is InChI=1S/C13H17BrN4S/c1-3-4-11-13(19-18-17-11)12(15-2)6-9-5-10(14)8-16-7-9/h5,7-8,12,15H,3-4,6H2,1-2H3. The third kappa shape index (κ3) is 3.81. The SMILES string of the molecule is CCCc1nnsc1C(Cc1cncc(Br)c1)NC. The summed E-state index contributed by atoms with van der Waals surface area (Å²) in [4.78, 5) is 5.45. The molecule has 1 N–H and O–H groups in total. The summed E-state index contributed by atoms with van der Waals surface area (Å²) >= 11 is 4.95. The number of rotatable bonds is 6. The molecule has 0 fully saturated rings. The van der Waals surface area contributed by atoms with Crippen LogP contribution in [0.4, 0.5) is 0 Å². The van der Waals surface area contributed by atoms with Gasteiger partial charge in [-0.05, 0) is 59.0 Å². The quantitative estimate of drug-likeness (QED) is 0.877. The van der Waals surface area contributed by atoms with Crippen LogP contribution >= 0.6 is 27.5 Å².